The van der Waals surface area contributed by atoms with Gasteiger partial charge < -0.3 is 4.90 Å². The first kappa shape index (κ1) is 17.1. The zero-order valence-corrected chi connectivity index (χ0v) is 14.0. The molecule has 0 spiro atoms. The zero-order chi connectivity index (χ0) is 16.8. The van der Waals surface area contributed by atoms with E-state index in [-0.39, 0.29) is 16.2 Å². The van der Waals surface area contributed by atoms with E-state index in [1.165, 1.54) is 29.2 Å². The van der Waals surface area contributed by atoms with E-state index in [0.717, 1.165) is 32.4 Å². The van der Waals surface area contributed by atoms with Crippen LogP contribution in [0.2, 0.25) is 0 Å². The highest BCUT2D eigenvalue weighted by molar-refractivity contribution is 8.04. The van der Waals surface area contributed by atoms with E-state index in [1.54, 1.807) is 5.41 Å². The predicted molar refractivity (Wildman–Crippen MR) is 92.3 cm³/mol. The van der Waals surface area contributed by atoms with E-state index in [2.05, 4.69) is 6.58 Å². The van der Waals surface area contributed by atoms with Crippen LogP contribution in [0.3, 0.4) is 0 Å². The van der Waals surface area contributed by atoms with Crippen molar-refractivity contribution in [3.8, 4) is 12.1 Å². The van der Waals surface area contributed by atoms with Gasteiger partial charge in [-0.05, 0) is 30.7 Å². The van der Waals surface area contributed by atoms with Gasteiger partial charge in [0.1, 0.15) is 27.6 Å². The van der Waals surface area contributed by atoms with Crippen molar-refractivity contribution in [2.24, 2.45) is 0 Å². The van der Waals surface area contributed by atoms with E-state index in [0.29, 0.717) is 14.8 Å². The number of allylic oxidation sites excluding steroid dienone is 1. The molecule has 0 bridgehead atoms. The first-order chi connectivity index (χ1) is 11.1. The third-order valence-electron chi connectivity index (χ3n) is 3.42. The van der Waals surface area contributed by atoms with Gasteiger partial charge in [-0.15, -0.1) is 11.3 Å². The van der Waals surface area contributed by atoms with Crippen molar-refractivity contribution >= 4 is 40.5 Å². The van der Waals surface area contributed by atoms with Gasteiger partial charge in [0.2, 0.25) is 0 Å². The molecule has 0 unspecified atom stereocenters. The summed E-state index contributed by atoms with van der Waals surface area (Å²) in [6.07, 6.45) is 4.50. The SMILES string of the molecule is C=CSc1sc(C=C(C#N)C#N)c(N2CCCCC2)c1[N+](=O)[O-]. The van der Waals surface area contributed by atoms with Crippen LogP contribution in [0.5, 0.6) is 0 Å². The highest BCUT2D eigenvalue weighted by atomic mass is 32.2. The van der Waals surface area contributed by atoms with E-state index in [1.807, 2.05) is 17.0 Å². The molecule has 1 fully saturated rings. The van der Waals surface area contributed by atoms with Crippen LogP contribution in [0.15, 0.2) is 21.8 Å². The molecule has 2 rings (SSSR count). The molecule has 0 N–H and O–H groups in total. The minimum atomic E-state index is -0.387. The molecule has 1 aromatic heterocycles. The molecule has 2 heterocycles. The Bertz CT molecular complexity index is 718. The summed E-state index contributed by atoms with van der Waals surface area (Å²) in [4.78, 5) is 13.8. The van der Waals surface area contributed by atoms with Gasteiger partial charge in [0.25, 0.3) is 0 Å². The summed E-state index contributed by atoms with van der Waals surface area (Å²) in [5.41, 5.74) is 0.505. The molecule has 1 aliphatic heterocycles. The molecule has 118 valence electrons. The fourth-order valence-electron chi connectivity index (χ4n) is 2.47. The van der Waals surface area contributed by atoms with Crippen LogP contribution in [0, 0.1) is 32.8 Å². The fraction of sp³-hybridized carbons (Fsp3) is 0.333. The third kappa shape index (κ3) is 3.73. The maximum absolute atomic E-state index is 11.6. The first-order valence-electron chi connectivity index (χ1n) is 6.98. The Balaban J connectivity index is 2.64. The molecular formula is C15H14N4O2S2. The van der Waals surface area contributed by atoms with Crippen molar-refractivity contribution in [3.05, 3.63) is 32.6 Å². The number of thiophene rings is 1. The smallest absolute Gasteiger partial charge is 0.317 e. The molecule has 8 heteroatoms. The molecule has 0 aliphatic carbocycles. The Kier molecular flexibility index (Phi) is 5.80. The van der Waals surface area contributed by atoms with E-state index in [9.17, 15) is 10.1 Å². The van der Waals surface area contributed by atoms with Crippen LogP contribution in [-0.2, 0) is 0 Å². The molecule has 0 saturated carbocycles. The minimum absolute atomic E-state index is 0.0447. The second kappa shape index (κ2) is 7.82. The summed E-state index contributed by atoms with van der Waals surface area (Å²) >= 11 is 2.41. The van der Waals surface area contributed by atoms with Gasteiger partial charge in [-0.3, -0.25) is 10.1 Å². The maximum atomic E-state index is 11.6. The lowest BCUT2D eigenvalue weighted by Gasteiger charge is -2.28. The summed E-state index contributed by atoms with van der Waals surface area (Å²) < 4.78 is 0.520. The topological polar surface area (TPSA) is 94.0 Å². The number of hydrogen-bond acceptors (Lipinski definition) is 7. The summed E-state index contributed by atoms with van der Waals surface area (Å²) in [6, 6.07) is 3.62. The van der Waals surface area contributed by atoms with Crippen molar-refractivity contribution < 1.29 is 4.92 Å². The summed E-state index contributed by atoms with van der Waals surface area (Å²) in [6.45, 7) is 5.10. The van der Waals surface area contributed by atoms with Crippen LogP contribution in [0.4, 0.5) is 11.4 Å². The predicted octanol–water partition coefficient (Wildman–Crippen LogP) is 4.31. The molecule has 6 nitrogen and oxygen atoms in total. The molecule has 1 saturated heterocycles. The van der Waals surface area contributed by atoms with E-state index < -0.39 is 0 Å². The Labute approximate surface area is 142 Å². The average molecular weight is 346 g/mol. The van der Waals surface area contributed by atoms with Crippen molar-refractivity contribution in [1.82, 2.24) is 0 Å². The Morgan fingerprint density at radius 1 is 1.35 bits per heavy atom. The number of rotatable bonds is 5. The second-order valence-corrected chi connectivity index (χ2v) is 7.11. The zero-order valence-electron chi connectivity index (χ0n) is 12.3. The molecule has 0 atom stereocenters. The standard InChI is InChI=1S/C15H14N4O2S2/c1-2-22-15-14(19(20)21)13(18-6-4-3-5-7-18)12(23-15)8-11(9-16)10-17/h2,8H,1,3-7H2. The van der Waals surface area contributed by atoms with Crippen molar-refractivity contribution in [3.63, 3.8) is 0 Å². The molecule has 1 aliphatic rings. The van der Waals surface area contributed by atoms with E-state index in [4.69, 9.17) is 10.5 Å². The van der Waals surface area contributed by atoms with Gasteiger partial charge in [0, 0.05) is 13.1 Å². The Morgan fingerprint density at radius 2 is 2.00 bits per heavy atom. The molecule has 0 radical (unpaired) electrons. The number of anilines is 1. The number of hydrogen-bond donors (Lipinski definition) is 0. The number of nitriles is 2. The summed E-state index contributed by atoms with van der Waals surface area (Å²) in [7, 11) is 0. The quantitative estimate of drug-likeness (QED) is 0.341. The van der Waals surface area contributed by atoms with Crippen LogP contribution in [0.1, 0.15) is 24.1 Å². The second-order valence-electron chi connectivity index (χ2n) is 4.82. The van der Waals surface area contributed by atoms with Gasteiger partial charge in [-0.1, -0.05) is 18.3 Å². The van der Waals surface area contributed by atoms with Crippen LogP contribution in [-0.4, -0.2) is 18.0 Å². The monoisotopic (exact) mass is 346 g/mol. The van der Waals surface area contributed by atoms with Crippen LogP contribution in [0.25, 0.3) is 6.08 Å². The van der Waals surface area contributed by atoms with Crippen molar-refractivity contribution in [1.29, 1.82) is 10.5 Å². The number of thioether (sulfide) groups is 1. The van der Waals surface area contributed by atoms with Gasteiger partial charge >= 0.3 is 5.69 Å². The average Bonchev–Trinajstić information content (AvgIpc) is 2.92. The lowest BCUT2D eigenvalue weighted by molar-refractivity contribution is -0.386. The maximum Gasteiger partial charge on any atom is 0.317 e. The number of nitrogens with zero attached hydrogens (tertiary/aromatic N) is 4. The number of piperidine rings is 1. The number of nitro groups is 1. The van der Waals surface area contributed by atoms with Gasteiger partial charge in [-0.2, -0.15) is 10.5 Å². The molecule has 0 aromatic carbocycles. The molecule has 0 amide bonds. The van der Waals surface area contributed by atoms with E-state index >= 15 is 0 Å². The highest BCUT2D eigenvalue weighted by Crippen LogP contribution is 2.48. The van der Waals surface area contributed by atoms with Crippen LogP contribution < -0.4 is 4.90 Å². The van der Waals surface area contributed by atoms with Crippen molar-refractivity contribution in [2.45, 2.75) is 23.5 Å². The molecule has 1 aromatic rings. The fourth-order valence-corrected chi connectivity index (χ4v) is 4.54. The van der Waals surface area contributed by atoms with Gasteiger partial charge in [-0.25, -0.2) is 0 Å². The summed E-state index contributed by atoms with van der Waals surface area (Å²) in [5, 5.41) is 31.1. The first-order valence-corrected chi connectivity index (χ1v) is 8.67. The van der Waals surface area contributed by atoms with Gasteiger partial charge in [0.05, 0.1) is 9.80 Å². The lowest BCUT2D eigenvalue weighted by Crippen LogP contribution is -2.30. The largest absolute Gasteiger partial charge is 0.365 e. The molecule has 23 heavy (non-hydrogen) atoms. The lowest BCUT2D eigenvalue weighted by atomic mass is 10.1. The summed E-state index contributed by atoms with van der Waals surface area (Å²) in [5.74, 6) is 0. The Hall–Kier alpha value is -2.29. The van der Waals surface area contributed by atoms with Gasteiger partial charge in [0.15, 0.2) is 0 Å². The van der Waals surface area contributed by atoms with Crippen molar-refractivity contribution in [2.75, 3.05) is 18.0 Å². The minimum Gasteiger partial charge on any atom is -0.365 e. The third-order valence-corrected chi connectivity index (χ3v) is 5.44. The van der Waals surface area contributed by atoms with Crippen LogP contribution >= 0.6 is 23.1 Å². The Morgan fingerprint density at radius 3 is 2.52 bits per heavy atom. The highest BCUT2D eigenvalue weighted by Gasteiger charge is 2.31. The normalized spacial score (nSPS) is 13.7. The molecular weight excluding hydrogens is 332 g/mol.